The van der Waals surface area contributed by atoms with Crippen molar-refractivity contribution in [1.82, 2.24) is 4.90 Å². The Hall–Kier alpha value is -1.37. The van der Waals surface area contributed by atoms with E-state index in [2.05, 4.69) is 0 Å². The lowest BCUT2D eigenvalue weighted by Gasteiger charge is -2.27. The summed E-state index contributed by atoms with van der Waals surface area (Å²) in [6.07, 6.45) is -5.91. The molecule has 0 bridgehead atoms. The van der Waals surface area contributed by atoms with Crippen molar-refractivity contribution in [2.45, 2.75) is 25.6 Å². The van der Waals surface area contributed by atoms with Gasteiger partial charge in [0.05, 0.1) is 0 Å². The molecule has 0 aromatic heterocycles. The molecule has 0 aliphatic rings. The summed E-state index contributed by atoms with van der Waals surface area (Å²) < 4.78 is 62.5. The van der Waals surface area contributed by atoms with Crippen LogP contribution >= 0.6 is 11.6 Å². The summed E-state index contributed by atoms with van der Waals surface area (Å²) >= 11 is 5.68. The number of carbonyl (C=O) groups excluding carboxylic acids is 1. The second-order valence-corrected chi connectivity index (χ2v) is 4.46. The number of amides is 1. The molecule has 0 unspecified atom stereocenters. The summed E-state index contributed by atoms with van der Waals surface area (Å²) in [5.41, 5.74) is 0.366. The van der Waals surface area contributed by atoms with Gasteiger partial charge in [-0.1, -0.05) is 23.7 Å². The Kier molecular flexibility index (Phi) is 4.96. The normalized spacial score (nSPS) is 12.3. The van der Waals surface area contributed by atoms with Crippen molar-refractivity contribution < 1.29 is 26.7 Å². The first-order chi connectivity index (χ1) is 9.09. The van der Waals surface area contributed by atoms with Gasteiger partial charge in [0.2, 0.25) is 0 Å². The first-order valence-corrected chi connectivity index (χ1v) is 5.95. The molecule has 0 fully saturated rings. The van der Waals surface area contributed by atoms with Gasteiger partial charge in [-0.2, -0.15) is 22.0 Å². The Morgan fingerprint density at radius 3 is 2.30 bits per heavy atom. The fourth-order valence-corrected chi connectivity index (χ4v) is 1.72. The molecule has 20 heavy (non-hydrogen) atoms. The summed E-state index contributed by atoms with van der Waals surface area (Å²) in [6, 6.07) is 5.90. The van der Waals surface area contributed by atoms with Crippen molar-refractivity contribution in [3.05, 3.63) is 34.9 Å². The smallest absolute Gasteiger partial charge is 0.333 e. The van der Waals surface area contributed by atoms with Crippen LogP contribution in [0.3, 0.4) is 0 Å². The molecule has 0 heterocycles. The molecule has 2 nitrogen and oxygen atoms in total. The van der Waals surface area contributed by atoms with E-state index >= 15 is 0 Å². The lowest BCUT2D eigenvalue weighted by molar-refractivity contribution is -0.274. The van der Waals surface area contributed by atoms with Crippen LogP contribution in [0.5, 0.6) is 0 Å². The zero-order valence-electron chi connectivity index (χ0n) is 10.3. The van der Waals surface area contributed by atoms with Crippen LogP contribution in [0, 0.1) is 0 Å². The molecule has 0 atom stereocenters. The van der Waals surface area contributed by atoms with Crippen LogP contribution in [0.1, 0.15) is 12.5 Å². The van der Waals surface area contributed by atoms with E-state index in [0.29, 0.717) is 15.5 Å². The van der Waals surface area contributed by atoms with Gasteiger partial charge in [-0.15, -0.1) is 0 Å². The standard InChI is InChI=1S/C12H11ClF5NO/c1-2-19(7-8-4-3-5-9(13)6-8)10(20)11(14,15)12(16,17)18/h3-6H,2,7H2,1H3. The quantitative estimate of drug-likeness (QED) is 0.772. The average Bonchev–Trinajstić information content (AvgIpc) is 2.33. The van der Waals surface area contributed by atoms with Crippen LogP contribution in [-0.4, -0.2) is 29.5 Å². The summed E-state index contributed by atoms with van der Waals surface area (Å²) in [6.45, 7) is 0.660. The van der Waals surface area contributed by atoms with Gasteiger partial charge in [-0.3, -0.25) is 4.79 Å². The van der Waals surface area contributed by atoms with Gasteiger partial charge < -0.3 is 4.90 Å². The first kappa shape index (κ1) is 16.7. The Morgan fingerprint density at radius 2 is 1.85 bits per heavy atom. The summed E-state index contributed by atoms with van der Waals surface area (Å²) in [5, 5.41) is 0.300. The summed E-state index contributed by atoms with van der Waals surface area (Å²) in [4.78, 5) is 11.8. The van der Waals surface area contributed by atoms with E-state index in [0.717, 1.165) is 0 Å². The monoisotopic (exact) mass is 315 g/mol. The van der Waals surface area contributed by atoms with E-state index < -0.39 is 18.0 Å². The molecule has 1 aromatic carbocycles. The second kappa shape index (κ2) is 5.95. The summed E-state index contributed by atoms with van der Waals surface area (Å²) in [5.74, 6) is -7.67. The minimum atomic E-state index is -5.91. The van der Waals surface area contributed by atoms with Gasteiger partial charge in [0.1, 0.15) is 0 Å². The molecule has 0 spiro atoms. The first-order valence-electron chi connectivity index (χ1n) is 5.58. The maximum atomic E-state index is 13.0. The molecule has 1 aromatic rings. The molecule has 0 radical (unpaired) electrons. The number of hydrogen-bond acceptors (Lipinski definition) is 1. The van der Waals surface area contributed by atoms with Crippen molar-refractivity contribution in [3.63, 3.8) is 0 Å². The fourth-order valence-electron chi connectivity index (χ4n) is 1.50. The Morgan fingerprint density at radius 1 is 1.25 bits per heavy atom. The molecular weight excluding hydrogens is 305 g/mol. The SMILES string of the molecule is CCN(Cc1cccc(Cl)c1)C(=O)C(F)(F)C(F)(F)F. The third-order valence-corrected chi connectivity index (χ3v) is 2.79. The molecule has 0 saturated carbocycles. The zero-order valence-corrected chi connectivity index (χ0v) is 11.1. The lowest BCUT2D eigenvalue weighted by atomic mass is 10.2. The van der Waals surface area contributed by atoms with Gasteiger partial charge in [0.25, 0.3) is 0 Å². The van der Waals surface area contributed by atoms with Gasteiger partial charge in [0.15, 0.2) is 0 Å². The third kappa shape index (κ3) is 3.59. The van der Waals surface area contributed by atoms with E-state index in [4.69, 9.17) is 11.6 Å². The maximum absolute atomic E-state index is 13.0. The topological polar surface area (TPSA) is 20.3 Å². The van der Waals surface area contributed by atoms with Crippen LogP contribution in [0.2, 0.25) is 5.02 Å². The van der Waals surface area contributed by atoms with Crippen LogP contribution in [0.15, 0.2) is 24.3 Å². The van der Waals surface area contributed by atoms with E-state index in [9.17, 15) is 26.7 Å². The van der Waals surface area contributed by atoms with Crippen molar-refractivity contribution in [2.24, 2.45) is 0 Å². The molecule has 0 saturated heterocycles. The number of alkyl halides is 5. The lowest BCUT2D eigenvalue weighted by Crippen LogP contribution is -2.51. The molecule has 1 amide bonds. The molecule has 0 N–H and O–H groups in total. The molecule has 1 rings (SSSR count). The molecule has 0 aliphatic carbocycles. The van der Waals surface area contributed by atoms with Gasteiger partial charge in [0, 0.05) is 18.1 Å². The number of carbonyl (C=O) groups is 1. The fraction of sp³-hybridized carbons (Fsp3) is 0.417. The Bertz CT molecular complexity index is 489. The van der Waals surface area contributed by atoms with Crippen molar-refractivity contribution >= 4 is 17.5 Å². The highest BCUT2D eigenvalue weighted by molar-refractivity contribution is 6.30. The number of benzene rings is 1. The molecular formula is C12H11ClF5NO. The summed E-state index contributed by atoms with van der Waals surface area (Å²) in [7, 11) is 0. The Balaban J connectivity index is 2.94. The minimum absolute atomic E-state index is 0.281. The second-order valence-electron chi connectivity index (χ2n) is 4.02. The highest BCUT2D eigenvalue weighted by Gasteiger charge is 2.64. The number of halogens is 6. The van der Waals surface area contributed by atoms with E-state index in [1.807, 2.05) is 0 Å². The van der Waals surface area contributed by atoms with Crippen LogP contribution in [0.4, 0.5) is 22.0 Å². The molecule has 8 heteroatoms. The molecule has 112 valence electrons. The average molecular weight is 316 g/mol. The van der Waals surface area contributed by atoms with Crippen LogP contribution in [0.25, 0.3) is 0 Å². The zero-order chi connectivity index (χ0) is 15.6. The van der Waals surface area contributed by atoms with E-state index in [-0.39, 0.29) is 13.1 Å². The van der Waals surface area contributed by atoms with Gasteiger partial charge >= 0.3 is 18.0 Å². The Labute approximate surface area is 117 Å². The largest absolute Gasteiger partial charge is 0.463 e. The predicted octanol–water partition coefficient (Wildman–Crippen LogP) is 3.89. The molecule has 0 aliphatic heterocycles. The minimum Gasteiger partial charge on any atom is -0.333 e. The third-order valence-electron chi connectivity index (χ3n) is 2.56. The van der Waals surface area contributed by atoms with Crippen LogP contribution < -0.4 is 0 Å². The van der Waals surface area contributed by atoms with Crippen LogP contribution in [-0.2, 0) is 11.3 Å². The van der Waals surface area contributed by atoms with E-state index in [1.165, 1.54) is 31.2 Å². The number of hydrogen-bond donors (Lipinski definition) is 0. The van der Waals surface area contributed by atoms with Gasteiger partial charge in [-0.25, -0.2) is 0 Å². The number of nitrogens with zero attached hydrogens (tertiary/aromatic N) is 1. The predicted molar refractivity (Wildman–Crippen MR) is 63.5 cm³/mol. The highest BCUT2D eigenvalue weighted by atomic mass is 35.5. The highest BCUT2D eigenvalue weighted by Crippen LogP contribution is 2.37. The number of rotatable bonds is 4. The maximum Gasteiger partial charge on any atom is 0.463 e. The van der Waals surface area contributed by atoms with Gasteiger partial charge in [-0.05, 0) is 24.6 Å². The van der Waals surface area contributed by atoms with Crippen molar-refractivity contribution in [1.29, 1.82) is 0 Å². The van der Waals surface area contributed by atoms with Crippen molar-refractivity contribution in [2.75, 3.05) is 6.54 Å². The van der Waals surface area contributed by atoms with E-state index in [1.54, 1.807) is 0 Å². The van der Waals surface area contributed by atoms with Crippen molar-refractivity contribution in [3.8, 4) is 0 Å².